The molecule has 0 saturated carbocycles. The van der Waals surface area contributed by atoms with E-state index in [2.05, 4.69) is 64.8 Å². The van der Waals surface area contributed by atoms with Crippen LogP contribution in [0.3, 0.4) is 0 Å². The molecule has 0 spiro atoms. The second-order valence-corrected chi connectivity index (χ2v) is 16.4. The molecule has 3 aromatic rings. The molecule has 0 radical (unpaired) electrons. The Bertz CT molecular complexity index is 1900. The monoisotopic (exact) mass is 814 g/mol. The van der Waals surface area contributed by atoms with Gasteiger partial charge >= 0.3 is 0 Å². The number of ether oxygens (including phenoxy) is 4. The predicted octanol–water partition coefficient (Wildman–Crippen LogP) is 6.67. The molecule has 2 amide bonds. The summed E-state index contributed by atoms with van der Waals surface area (Å²) in [7, 11) is 1.75. The molecule has 3 heterocycles. The van der Waals surface area contributed by atoms with Gasteiger partial charge in [-0.2, -0.15) is 9.98 Å². The molecule has 3 aromatic carbocycles. The van der Waals surface area contributed by atoms with Gasteiger partial charge in [-0.25, -0.2) is 4.67 Å². The summed E-state index contributed by atoms with van der Waals surface area (Å²) in [6.07, 6.45) is 0.118. The van der Waals surface area contributed by atoms with Crippen LogP contribution in [0.5, 0.6) is 11.5 Å². The Morgan fingerprint density at radius 2 is 1.52 bits per heavy atom. The molecule has 0 aromatic heterocycles. The van der Waals surface area contributed by atoms with Crippen molar-refractivity contribution >= 4 is 38.5 Å². The number of carbonyl (C=O) groups is 2. The maximum atomic E-state index is 13.2. The van der Waals surface area contributed by atoms with Crippen LogP contribution >= 0.6 is 8.53 Å². The number of carbonyl (C=O) groups excluding carboxylic acids is 2. The van der Waals surface area contributed by atoms with Crippen molar-refractivity contribution < 1.29 is 37.6 Å². The molecule has 0 bridgehead atoms. The maximum Gasteiger partial charge on any atom is 0.259 e. The van der Waals surface area contributed by atoms with Crippen LogP contribution in [0.2, 0.25) is 0 Å². The van der Waals surface area contributed by atoms with Crippen LogP contribution in [0.25, 0.3) is 0 Å². The van der Waals surface area contributed by atoms with Crippen LogP contribution in [0.1, 0.15) is 71.6 Å². The van der Waals surface area contributed by atoms with Crippen molar-refractivity contribution in [3.8, 4) is 11.5 Å². The minimum Gasteiger partial charge on any atom is -0.497 e. The molecule has 1 saturated heterocycles. The van der Waals surface area contributed by atoms with Gasteiger partial charge in [-0.1, -0.05) is 68.4 Å². The summed E-state index contributed by atoms with van der Waals surface area (Å²) in [5.41, 5.74) is 1.54. The van der Waals surface area contributed by atoms with E-state index in [4.69, 9.17) is 28.0 Å². The molecular formula is C43H55N6O8P. The van der Waals surface area contributed by atoms with Crippen molar-refractivity contribution in [1.29, 1.82) is 0 Å². The summed E-state index contributed by atoms with van der Waals surface area (Å²) < 4.78 is 40.9. The highest BCUT2D eigenvalue weighted by Crippen LogP contribution is 2.50. The summed E-state index contributed by atoms with van der Waals surface area (Å²) in [5.74, 6) is 0.472. The van der Waals surface area contributed by atoms with Gasteiger partial charge in [0, 0.05) is 24.4 Å². The molecular weight excluding hydrogens is 759 g/mol. The van der Waals surface area contributed by atoms with Crippen LogP contribution in [-0.2, 0) is 33.7 Å². The quantitative estimate of drug-likeness (QED) is 0.116. The second-order valence-electron chi connectivity index (χ2n) is 15.0. The number of rotatable bonds is 17. The fourth-order valence-corrected chi connectivity index (χ4v) is 9.03. The molecule has 2 unspecified atom stereocenters. The number of nitrogens with one attached hydrogen (secondary N) is 1. The van der Waals surface area contributed by atoms with Crippen LogP contribution < -0.4 is 14.8 Å². The first kappa shape index (κ1) is 43.0. The first-order valence-corrected chi connectivity index (χ1v) is 20.9. The van der Waals surface area contributed by atoms with Gasteiger partial charge in [-0.3, -0.25) is 24.8 Å². The smallest absolute Gasteiger partial charge is 0.259 e. The highest BCUT2D eigenvalue weighted by atomic mass is 31.2. The van der Waals surface area contributed by atoms with E-state index in [1.54, 1.807) is 39.3 Å². The van der Waals surface area contributed by atoms with E-state index in [0.717, 1.165) is 16.7 Å². The van der Waals surface area contributed by atoms with Crippen molar-refractivity contribution in [2.75, 3.05) is 27.4 Å². The Kier molecular flexibility index (Phi) is 14.1. The van der Waals surface area contributed by atoms with Crippen LogP contribution in [-0.4, -0.2) is 104 Å². The largest absolute Gasteiger partial charge is 0.497 e. The molecule has 6 rings (SSSR count). The average Bonchev–Trinajstić information content (AvgIpc) is 3.83. The Balaban J connectivity index is 1.41. The molecule has 58 heavy (non-hydrogen) atoms. The zero-order valence-electron chi connectivity index (χ0n) is 34.7. The van der Waals surface area contributed by atoms with Gasteiger partial charge in [-0.05, 0) is 75.6 Å². The Labute approximate surface area is 342 Å². The Morgan fingerprint density at radius 3 is 2.05 bits per heavy atom. The molecule has 15 heteroatoms. The fourth-order valence-electron chi connectivity index (χ4n) is 7.30. The third kappa shape index (κ3) is 9.17. The normalized spacial score (nSPS) is 21.9. The standard InChI is InChI=1S/C43H55N6O8P/c1-10-55-58(49(28(4)5)29(6)7)57-35-24-37(48-26-44-38-39(48)45-42(47-41(38)51)46-40(50)27(2)3)56-36(35)25-54-43(30-14-12-11-13-15-30,31-16-20-33(52-8)21-17-31)32-18-22-34(53-9)23-19-32/h11-23,26-29,35-38H,10,24-25H2,1-9H3,(H,46,47,50,51)/t35-,36+,37+,38?,58?/m0/s1. The molecule has 3 aliphatic heterocycles. The summed E-state index contributed by atoms with van der Waals surface area (Å²) in [4.78, 5) is 40.6. The van der Waals surface area contributed by atoms with Crippen molar-refractivity contribution in [2.45, 2.75) is 97.0 Å². The number of amides is 2. The number of amidine groups is 1. The summed E-state index contributed by atoms with van der Waals surface area (Å²) >= 11 is 0. The van der Waals surface area contributed by atoms with E-state index in [1.165, 1.54) is 0 Å². The molecule has 0 aliphatic carbocycles. The lowest BCUT2D eigenvalue weighted by molar-refractivity contribution is -0.120. The first-order chi connectivity index (χ1) is 27.9. The van der Waals surface area contributed by atoms with Crippen molar-refractivity contribution in [3.05, 3.63) is 95.6 Å². The maximum absolute atomic E-state index is 13.2. The topological polar surface area (TPSA) is 145 Å². The second kappa shape index (κ2) is 19.0. The lowest BCUT2D eigenvalue weighted by atomic mass is 9.80. The van der Waals surface area contributed by atoms with E-state index in [9.17, 15) is 9.59 Å². The first-order valence-electron chi connectivity index (χ1n) is 19.8. The number of hydrogen-bond acceptors (Lipinski definition) is 11. The Morgan fingerprint density at radius 1 is 0.931 bits per heavy atom. The lowest BCUT2D eigenvalue weighted by Crippen LogP contribution is -2.51. The van der Waals surface area contributed by atoms with E-state index < -0.39 is 50.4 Å². The van der Waals surface area contributed by atoms with E-state index in [1.807, 2.05) is 73.7 Å². The highest BCUT2D eigenvalue weighted by molar-refractivity contribution is 7.44. The summed E-state index contributed by atoms with van der Waals surface area (Å²) in [6.45, 7) is 14.5. The van der Waals surface area contributed by atoms with Gasteiger partial charge in [-0.15, -0.1) is 0 Å². The van der Waals surface area contributed by atoms with E-state index in [-0.39, 0.29) is 30.6 Å². The zero-order chi connectivity index (χ0) is 41.6. The number of aliphatic imine (C=N–C) groups is 3. The Hall–Kier alpha value is -4.56. The summed E-state index contributed by atoms with van der Waals surface area (Å²) in [6, 6.07) is 25.1. The van der Waals surface area contributed by atoms with Gasteiger partial charge in [0.05, 0.1) is 39.9 Å². The van der Waals surface area contributed by atoms with Crippen molar-refractivity contribution in [3.63, 3.8) is 0 Å². The van der Waals surface area contributed by atoms with Gasteiger partial charge in [0.2, 0.25) is 5.96 Å². The number of methoxy groups -OCH3 is 2. The number of benzene rings is 3. The van der Waals surface area contributed by atoms with Gasteiger partial charge in [0.25, 0.3) is 20.3 Å². The van der Waals surface area contributed by atoms with Gasteiger partial charge < -0.3 is 28.0 Å². The van der Waals surface area contributed by atoms with Crippen molar-refractivity contribution in [1.82, 2.24) is 14.9 Å². The molecule has 310 valence electrons. The van der Waals surface area contributed by atoms with E-state index >= 15 is 0 Å². The van der Waals surface area contributed by atoms with Crippen LogP contribution in [0.15, 0.2) is 93.8 Å². The summed E-state index contributed by atoms with van der Waals surface area (Å²) in [5, 5.41) is 2.62. The third-order valence-corrected chi connectivity index (χ3v) is 12.3. The molecule has 3 aliphatic rings. The SMILES string of the molecule is CCOP(O[C@H]1C[C@H](N2C=NC3C(=O)NC(=NC(=O)C(C)C)N=C32)O[C@@H]1COC(c1ccccc1)(c1ccc(OC)cc1)c1ccc(OC)cc1)N(C(C)C)C(C)C. The minimum absolute atomic E-state index is 0.0767. The minimum atomic E-state index is -1.53. The van der Waals surface area contributed by atoms with Crippen molar-refractivity contribution in [2.24, 2.45) is 20.9 Å². The molecule has 14 nitrogen and oxygen atoms in total. The number of guanidine groups is 1. The molecule has 1 N–H and O–H groups in total. The van der Waals surface area contributed by atoms with Gasteiger partial charge in [0.1, 0.15) is 29.4 Å². The van der Waals surface area contributed by atoms with Gasteiger partial charge in [0.15, 0.2) is 11.9 Å². The third-order valence-electron chi connectivity index (χ3n) is 10.1. The molecule has 1 fully saturated rings. The van der Waals surface area contributed by atoms with Crippen LogP contribution in [0.4, 0.5) is 0 Å². The van der Waals surface area contributed by atoms with Crippen LogP contribution in [0, 0.1) is 5.92 Å². The zero-order valence-corrected chi connectivity index (χ0v) is 35.6. The average molecular weight is 815 g/mol. The number of nitrogens with zero attached hydrogens (tertiary/aromatic N) is 5. The predicted molar refractivity (Wildman–Crippen MR) is 224 cm³/mol. The van der Waals surface area contributed by atoms with E-state index in [0.29, 0.717) is 30.4 Å². The number of fused-ring (bicyclic) bond motifs is 1. The molecule has 5 atom stereocenters. The number of hydrogen-bond donors (Lipinski definition) is 1. The fraction of sp³-hybridized carbons (Fsp3) is 0.465. The highest BCUT2D eigenvalue weighted by Gasteiger charge is 2.49. The lowest BCUT2D eigenvalue weighted by Gasteiger charge is -2.39.